The number of aromatic nitrogens is 1. The number of nitrogens with zero attached hydrogens (tertiary/aromatic N) is 3. The Morgan fingerprint density at radius 2 is 1.71 bits per heavy atom. The quantitative estimate of drug-likeness (QED) is 0.794. The normalized spacial score (nSPS) is 15.1. The summed E-state index contributed by atoms with van der Waals surface area (Å²) in [4.78, 5) is 19.9. The first-order chi connectivity index (χ1) is 10.2. The lowest BCUT2D eigenvalue weighted by molar-refractivity contribution is 0.0746. The molecule has 1 aliphatic rings. The number of benzene rings is 1. The summed E-state index contributed by atoms with van der Waals surface area (Å²) in [5, 5.41) is 0. The Balaban J connectivity index is 1.63. The van der Waals surface area contributed by atoms with Crippen molar-refractivity contribution in [2.24, 2.45) is 0 Å². The first-order valence-corrected chi connectivity index (χ1v) is 6.95. The van der Waals surface area contributed by atoms with Gasteiger partial charge in [-0.25, -0.2) is 4.98 Å². The van der Waals surface area contributed by atoms with Crippen molar-refractivity contribution >= 4 is 11.6 Å². The van der Waals surface area contributed by atoms with E-state index in [-0.39, 0.29) is 5.91 Å². The van der Waals surface area contributed by atoms with Gasteiger partial charge in [0.15, 0.2) is 0 Å². The fourth-order valence-corrected chi connectivity index (χ4v) is 2.49. The van der Waals surface area contributed by atoms with Crippen LogP contribution < -0.4 is 4.90 Å². The predicted molar refractivity (Wildman–Crippen MR) is 78.8 cm³/mol. The Bertz CT molecular complexity index is 607. The van der Waals surface area contributed by atoms with Crippen molar-refractivity contribution in [2.45, 2.75) is 0 Å². The molecule has 0 radical (unpaired) electrons. The van der Waals surface area contributed by atoms with Crippen LogP contribution in [-0.2, 0) is 0 Å². The maximum absolute atomic E-state index is 12.8. The van der Waals surface area contributed by atoms with Crippen LogP contribution in [-0.4, -0.2) is 42.0 Å². The Hall–Kier alpha value is -2.43. The highest BCUT2D eigenvalue weighted by Gasteiger charge is 2.22. The molecule has 1 amide bonds. The summed E-state index contributed by atoms with van der Waals surface area (Å²) in [6.45, 7) is 2.91. The number of pyridine rings is 1. The average molecular weight is 285 g/mol. The second kappa shape index (κ2) is 5.91. The molecule has 0 aliphatic carbocycles. The van der Waals surface area contributed by atoms with E-state index in [2.05, 4.69) is 22.0 Å². The smallest absolute Gasteiger partial charge is 0.255 e. The zero-order chi connectivity index (χ0) is 14.7. The minimum atomic E-state index is -0.569. The van der Waals surface area contributed by atoms with Crippen LogP contribution in [0.25, 0.3) is 0 Å². The molecule has 2 heterocycles. The molecule has 0 saturated carbocycles. The van der Waals surface area contributed by atoms with Crippen molar-refractivity contribution in [3.8, 4) is 0 Å². The molecule has 5 heteroatoms. The molecule has 1 saturated heterocycles. The minimum Gasteiger partial charge on any atom is -0.368 e. The van der Waals surface area contributed by atoms with Crippen molar-refractivity contribution in [3.63, 3.8) is 0 Å². The van der Waals surface area contributed by atoms with Gasteiger partial charge in [0, 0.05) is 38.1 Å². The third kappa shape index (κ3) is 3.02. The summed E-state index contributed by atoms with van der Waals surface area (Å²) >= 11 is 0. The summed E-state index contributed by atoms with van der Waals surface area (Å²) in [6, 6.07) is 12.9. The van der Waals surface area contributed by atoms with Gasteiger partial charge in [-0.05, 0) is 24.3 Å². The van der Waals surface area contributed by atoms with E-state index in [1.54, 1.807) is 4.90 Å². The molecule has 21 heavy (non-hydrogen) atoms. The van der Waals surface area contributed by atoms with Gasteiger partial charge in [0.1, 0.15) is 0 Å². The molecule has 2 aromatic rings. The largest absolute Gasteiger partial charge is 0.368 e. The highest BCUT2D eigenvalue weighted by molar-refractivity contribution is 5.94. The molecular formula is C16H16FN3O. The standard InChI is InChI=1S/C16H16FN3O/c17-15-7-6-13(12-18-15)16(21)20-10-8-19(9-11-20)14-4-2-1-3-5-14/h1-7,12H,8-11H2. The summed E-state index contributed by atoms with van der Waals surface area (Å²) in [5.41, 5.74) is 1.61. The van der Waals surface area contributed by atoms with Gasteiger partial charge >= 0.3 is 0 Å². The number of halogens is 1. The van der Waals surface area contributed by atoms with Crippen LogP contribution in [0.5, 0.6) is 0 Å². The summed E-state index contributed by atoms with van der Waals surface area (Å²) in [6.07, 6.45) is 1.29. The molecular weight excluding hydrogens is 269 g/mol. The topological polar surface area (TPSA) is 36.4 Å². The van der Waals surface area contributed by atoms with Gasteiger partial charge in [0.25, 0.3) is 5.91 Å². The Morgan fingerprint density at radius 3 is 2.33 bits per heavy atom. The molecule has 1 aromatic heterocycles. The predicted octanol–water partition coefficient (Wildman–Crippen LogP) is 2.18. The second-order valence-corrected chi connectivity index (χ2v) is 4.98. The molecule has 3 rings (SSSR count). The van der Waals surface area contributed by atoms with Crippen molar-refractivity contribution in [1.82, 2.24) is 9.88 Å². The monoisotopic (exact) mass is 285 g/mol. The molecule has 1 aromatic carbocycles. The number of carbonyl (C=O) groups is 1. The van der Waals surface area contributed by atoms with E-state index in [4.69, 9.17) is 0 Å². The van der Waals surface area contributed by atoms with E-state index in [0.29, 0.717) is 18.7 Å². The molecule has 0 atom stereocenters. The van der Waals surface area contributed by atoms with Crippen molar-refractivity contribution < 1.29 is 9.18 Å². The van der Waals surface area contributed by atoms with Gasteiger partial charge in [-0.3, -0.25) is 4.79 Å². The summed E-state index contributed by atoms with van der Waals surface area (Å²) in [7, 11) is 0. The Labute approximate surface area is 122 Å². The summed E-state index contributed by atoms with van der Waals surface area (Å²) < 4.78 is 12.8. The van der Waals surface area contributed by atoms with Crippen LogP contribution >= 0.6 is 0 Å². The van der Waals surface area contributed by atoms with E-state index in [0.717, 1.165) is 13.1 Å². The van der Waals surface area contributed by atoms with Crippen molar-refractivity contribution in [3.05, 3.63) is 60.2 Å². The minimum absolute atomic E-state index is 0.0878. The van der Waals surface area contributed by atoms with E-state index in [1.165, 1.54) is 24.0 Å². The highest BCUT2D eigenvalue weighted by Crippen LogP contribution is 2.16. The van der Waals surface area contributed by atoms with Crippen LogP contribution in [0.4, 0.5) is 10.1 Å². The lowest BCUT2D eigenvalue weighted by Gasteiger charge is -2.36. The highest BCUT2D eigenvalue weighted by atomic mass is 19.1. The molecule has 1 aliphatic heterocycles. The Morgan fingerprint density at radius 1 is 1.00 bits per heavy atom. The zero-order valence-electron chi connectivity index (χ0n) is 11.6. The van der Waals surface area contributed by atoms with E-state index < -0.39 is 5.95 Å². The molecule has 0 bridgehead atoms. The SMILES string of the molecule is O=C(c1ccc(F)nc1)N1CCN(c2ccccc2)CC1. The maximum atomic E-state index is 12.8. The number of hydrogen-bond donors (Lipinski definition) is 0. The van der Waals surface area contributed by atoms with Gasteiger partial charge < -0.3 is 9.80 Å². The van der Waals surface area contributed by atoms with E-state index in [9.17, 15) is 9.18 Å². The molecule has 108 valence electrons. The van der Waals surface area contributed by atoms with Gasteiger partial charge in [0.2, 0.25) is 5.95 Å². The van der Waals surface area contributed by atoms with E-state index in [1.807, 2.05) is 18.2 Å². The van der Waals surface area contributed by atoms with Gasteiger partial charge in [0.05, 0.1) is 5.56 Å². The third-order valence-corrected chi connectivity index (χ3v) is 3.66. The van der Waals surface area contributed by atoms with Crippen LogP contribution in [0.3, 0.4) is 0 Å². The lowest BCUT2D eigenvalue weighted by Crippen LogP contribution is -2.48. The van der Waals surface area contributed by atoms with Crippen LogP contribution in [0.15, 0.2) is 48.7 Å². The fourth-order valence-electron chi connectivity index (χ4n) is 2.49. The third-order valence-electron chi connectivity index (χ3n) is 3.66. The van der Waals surface area contributed by atoms with Gasteiger partial charge in [-0.15, -0.1) is 0 Å². The fraction of sp³-hybridized carbons (Fsp3) is 0.250. The molecule has 0 N–H and O–H groups in total. The average Bonchev–Trinajstić information content (AvgIpc) is 2.56. The molecule has 1 fully saturated rings. The number of rotatable bonds is 2. The van der Waals surface area contributed by atoms with Crippen molar-refractivity contribution in [1.29, 1.82) is 0 Å². The molecule has 0 spiro atoms. The second-order valence-electron chi connectivity index (χ2n) is 4.98. The van der Waals surface area contributed by atoms with Gasteiger partial charge in [-0.1, -0.05) is 18.2 Å². The first-order valence-electron chi connectivity index (χ1n) is 6.95. The van der Waals surface area contributed by atoms with Crippen LogP contribution in [0, 0.1) is 5.95 Å². The first kappa shape index (κ1) is 13.5. The van der Waals surface area contributed by atoms with Crippen LogP contribution in [0.2, 0.25) is 0 Å². The zero-order valence-corrected chi connectivity index (χ0v) is 11.6. The Kier molecular flexibility index (Phi) is 3.81. The number of amides is 1. The molecule has 0 unspecified atom stereocenters. The van der Waals surface area contributed by atoms with Crippen LogP contribution in [0.1, 0.15) is 10.4 Å². The number of para-hydroxylation sites is 1. The van der Waals surface area contributed by atoms with Crippen molar-refractivity contribution in [2.75, 3.05) is 31.1 Å². The number of piperazine rings is 1. The summed E-state index contributed by atoms with van der Waals surface area (Å²) in [5.74, 6) is -0.657. The molecule has 4 nitrogen and oxygen atoms in total. The lowest BCUT2D eigenvalue weighted by atomic mass is 10.2. The number of carbonyl (C=O) groups excluding carboxylic acids is 1. The van der Waals surface area contributed by atoms with Gasteiger partial charge in [-0.2, -0.15) is 4.39 Å². The number of anilines is 1. The number of hydrogen-bond acceptors (Lipinski definition) is 3. The maximum Gasteiger partial charge on any atom is 0.255 e. The van der Waals surface area contributed by atoms with E-state index >= 15 is 0 Å².